The second-order valence-electron chi connectivity index (χ2n) is 3.48. The maximum Gasteiger partial charge on any atom is 0.225 e. The minimum atomic E-state index is -0.0632. The molecule has 0 saturated heterocycles. The molecule has 4 nitrogen and oxygen atoms in total. The quantitative estimate of drug-likeness (QED) is 0.805. The smallest absolute Gasteiger partial charge is 0.225 e. The summed E-state index contributed by atoms with van der Waals surface area (Å²) in [6, 6.07) is 5.80. The van der Waals surface area contributed by atoms with Crippen molar-refractivity contribution in [2.45, 2.75) is 13.3 Å². The Morgan fingerprint density at radius 2 is 2.33 bits per heavy atom. The lowest BCUT2D eigenvalue weighted by molar-refractivity contribution is -0.120. The van der Waals surface area contributed by atoms with Crippen LogP contribution in [0.15, 0.2) is 22.7 Å². The molecule has 0 spiro atoms. The van der Waals surface area contributed by atoms with E-state index in [0.717, 1.165) is 16.5 Å². The average Bonchev–Trinajstić information content (AvgIpc) is 2.61. The van der Waals surface area contributed by atoms with Crippen LogP contribution in [0.3, 0.4) is 0 Å². The molecule has 0 radical (unpaired) electrons. The first kappa shape index (κ1) is 9.71. The number of hydrogen-bond donors (Lipinski definition) is 1. The van der Waals surface area contributed by atoms with Crippen molar-refractivity contribution in [3.8, 4) is 0 Å². The molecule has 4 heteroatoms. The number of likely N-dealkylation sites (N-methyl/N-ethyl adjacent to an activating group) is 1. The molecule has 0 bridgehead atoms. The average molecular weight is 204 g/mol. The van der Waals surface area contributed by atoms with Crippen LogP contribution < -0.4 is 5.32 Å². The van der Waals surface area contributed by atoms with Gasteiger partial charge in [0.15, 0.2) is 5.58 Å². The fraction of sp³-hybridized carbons (Fsp3) is 0.273. The molecule has 2 rings (SSSR count). The fourth-order valence-electron chi connectivity index (χ4n) is 1.47. The van der Waals surface area contributed by atoms with E-state index < -0.39 is 0 Å². The molecule has 1 aromatic heterocycles. The number of hydrogen-bond acceptors (Lipinski definition) is 3. The molecule has 0 aliphatic carbocycles. The van der Waals surface area contributed by atoms with Gasteiger partial charge in [0.05, 0.1) is 6.42 Å². The Hall–Kier alpha value is -1.84. The van der Waals surface area contributed by atoms with E-state index in [-0.39, 0.29) is 12.3 Å². The highest BCUT2D eigenvalue weighted by molar-refractivity contribution is 5.86. The molecule has 0 saturated carbocycles. The number of rotatable bonds is 2. The number of nitrogens with zero attached hydrogens (tertiary/aromatic N) is 1. The minimum Gasteiger partial charge on any atom is -0.359 e. The summed E-state index contributed by atoms with van der Waals surface area (Å²) in [5.41, 5.74) is 2.54. The summed E-state index contributed by atoms with van der Waals surface area (Å²) in [5, 5.41) is 7.37. The number of carbonyl (C=O) groups excluding carboxylic acids is 1. The first-order valence-corrected chi connectivity index (χ1v) is 4.76. The van der Waals surface area contributed by atoms with Crippen molar-refractivity contribution in [1.82, 2.24) is 10.5 Å². The van der Waals surface area contributed by atoms with Gasteiger partial charge in [0.25, 0.3) is 0 Å². The maximum atomic E-state index is 11.2. The van der Waals surface area contributed by atoms with Gasteiger partial charge in [-0.15, -0.1) is 0 Å². The zero-order valence-corrected chi connectivity index (χ0v) is 8.70. The van der Waals surface area contributed by atoms with Crippen molar-refractivity contribution in [2.24, 2.45) is 0 Å². The van der Waals surface area contributed by atoms with Gasteiger partial charge in [0, 0.05) is 12.4 Å². The second kappa shape index (κ2) is 3.73. The van der Waals surface area contributed by atoms with Gasteiger partial charge in [-0.1, -0.05) is 16.8 Å². The molecule has 0 aliphatic rings. The van der Waals surface area contributed by atoms with Crippen LogP contribution >= 0.6 is 0 Å². The van der Waals surface area contributed by atoms with Gasteiger partial charge in [0.1, 0.15) is 5.69 Å². The molecule has 2 aromatic rings. The van der Waals surface area contributed by atoms with Crippen molar-refractivity contribution in [2.75, 3.05) is 7.05 Å². The molecule has 1 N–H and O–H groups in total. The van der Waals surface area contributed by atoms with Crippen LogP contribution in [0.5, 0.6) is 0 Å². The van der Waals surface area contributed by atoms with Gasteiger partial charge in [-0.25, -0.2) is 0 Å². The van der Waals surface area contributed by atoms with E-state index in [1.165, 1.54) is 0 Å². The van der Waals surface area contributed by atoms with Crippen LogP contribution in [0.1, 0.15) is 11.3 Å². The van der Waals surface area contributed by atoms with E-state index in [1.54, 1.807) is 7.05 Å². The Morgan fingerprint density at radius 1 is 1.53 bits per heavy atom. The van der Waals surface area contributed by atoms with Crippen molar-refractivity contribution in [1.29, 1.82) is 0 Å². The largest absolute Gasteiger partial charge is 0.359 e. The van der Waals surface area contributed by atoms with Gasteiger partial charge in [-0.05, 0) is 19.1 Å². The normalized spacial score (nSPS) is 10.5. The van der Waals surface area contributed by atoms with E-state index in [2.05, 4.69) is 10.5 Å². The number of carbonyl (C=O) groups is 1. The van der Waals surface area contributed by atoms with Crippen molar-refractivity contribution in [3.63, 3.8) is 0 Å². The molecule has 1 heterocycles. The number of aromatic nitrogens is 1. The number of amides is 1. The topological polar surface area (TPSA) is 55.1 Å². The SMILES string of the molecule is CNC(=O)Cc1noc2ccc(C)cc12. The Bertz CT molecular complexity index is 502. The lowest BCUT2D eigenvalue weighted by atomic mass is 10.1. The molecular formula is C11H12N2O2. The molecule has 15 heavy (non-hydrogen) atoms. The maximum absolute atomic E-state index is 11.2. The van der Waals surface area contributed by atoms with E-state index in [4.69, 9.17) is 4.52 Å². The Labute approximate surface area is 87.2 Å². The van der Waals surface area contributed by atoms with Gasteiger partial charge in [0.2, 0.25) is 5.91 Å². The third-order valence-corrected chi connectivity index (χ3v) is 2.31. The Morgan fingerprint density at radius 3 is 3.07 bits per heavy atom. The van der Waals surface area contributed by atoms with Crippen LogP contribution in [0.25, 0.3) is 11.0 Å². The molecular weight excluding hydrogens is 192 g/mol. The first-order valence-electron chi connectivity index (χ1n) is 4.76. The lowest BCUT2D eigenvalue weighted by Crippen LogP contribution is -2.20. The van der Waals surface area contributed by atoms with Crippen LogP contribution in [0, 0.1) is 6.92 Å². The summed E-state index contributed by atoms with van der Waals surface area (Å²) >= 11 is 0. The third-order valence-electron chi connectivity index (χ3n) is 2.31. The molecule has 78 valence electrons. The summed E-state index contributed by atoms with van der Waals surface area (Å²) in [5.74, 6) is -0.0632. The molecule has 1 amide bonds. The number of aryl methyl sites for hydroxylation is 1. The lowest BCUT2D eigenvalue weighted by Gasteiger charge is -1.96. The highest BCUT2D eigenvalue weighted by Gasteiger charge is 2.11. The number of nitrogens with one attached hydrogen (secondary N) is 1. The van der Waals surface area contributed by atoms with Crippen LogP contribution in [-0.2, 0) is 11.2 Å². The van der Waals surface area contributed by atoms with Crippen molar-refractivity contribution < 1.29 is 9.32 Å². The van der Waals surface area contributed by atoms with Crippen LogP contribution in [-0.4, -0.2) is 18.1 Å². The fourth-order valence-corrected chi connectivity index (χ4v) is 1.47. The highest BCUT2D eigenvalue weighted by atomic mass is 16.5. The Kier molecular flexibility index (Phi) is 2.41. The minimum absolute atomic E-state index is 0.0632. The zero-order chi connectivity index (χ0) is 10.8. The standard InChI is InChI=1S/C11H12N2O2/c1-7-3-4-10-8(5-7)9(13-15-10)6-11(14)12-2/h3-5H,6H2,1-2H3,(H,12,14). The second-order valence-corrected chi connectivity index (χ2v) is 3.48. The van der Waals surface area contributed by atoms with Gasteiger partial charge in [-0.3, -0.25) is 4.79 Å². The summed E-state index contributed by atoms with van der Waals surface area (Å²) in [4.78, 5) is 11.2. The molecule has 1 aromatic carbocycles. The van der Waals surface area contributed by atoms with Crippen LogP contribution in [0.2, 0.25) is 0 Å². The van der Waals surface area contributed by atoms with E-state index in [9.17, 15) is 4.79 Å². The highest BCUT2D eigenvalue weighted by Crippen LogP contribution is 2.19. The molecule has 0 unspecified atom stereocenters. The summed E-state index contributed by atoms with van der Waals surface area (Å²) in [6.45, 7) is 2.00. The summed E-state index contributed by atoms with van der Waals surface area (Å²) in [6.07, 6.45) is 0.257. The summed E-state index contributed by atoms with van der Waals surface area (Å²) < 4.78 is 5.12. The number of fused-ring (bicyclic) bond motifs is 1. The zero-order valence-electron chi connectivity index (χ0n) is 8.70. The monoisotopic (exact) mass is 204 g/mol. The van der Waals surface area contributed by atoms with E-state index >= 15 is 0 Å². The molecule has 0 atom stereocenters. The van der Waals surface area contributed by atoms with Gasteiger partial charge < -0.3 is 9.84 Å². The molecule has 0 fully saturated rings. The molecule has 0 aliphatic heterocycles. The predicted molar refractivity (Wildman–Crippen MR) is 56.5 cm³/mol. The third kappa shape index (κ3) is 1.83. The summed E-state index contributed by atoms with van der Waals surface area (Å²) in [7, 11) is 1.61. The van der Waals surface area contributed by atoms with Crippen molar-refractivity contribution in [3.05, 3.63) is 29.5 Å². The van der Waals surface area contributed by atoms with Crippen molar-refractivity contribution >= 4 is 16.9 Å². The Balaban J connectivity index is 2.43. The van der Waals surface area contributed by atoms with Gasteiger partial charge in [-0.2, -0.15) is 0 Å². The number of benzene rings is 1. The van der Waals surface area contributed by atoms with E-state index in [0.29, 0.717) is 5.69 Å². The first-order chi connectivity index (χ1) is 7.20. The van der Waals surface area contributed by atoms with Crippen LogP contribution in [0.4, 0.5) is 0 Å². The van der Waals surface area contributed by atoms with E-state index in [1.807, 2.05) is 25.1 Å². The van der Waals surface area contributed by atoms with Gasteiger partial charge >= 0.3 is 0 Å². The predicted octanol–water partition coefficient (Wildman–Crippen LogP) is 1.42.